The number of carbonyl (C=O) groups is 3. The third-order valence-corrected chi connectivity index (χ3v) is 7.71. The Morgan fingerprint density at radius 1 is 1.06 bits per heavy atom. The molecule has 9 heteroatoms. The van der Waals surface area contributed by atoms with Gasteiger partial charge in [0.2, 0.25) is 5.91 Å². The van der Waals surface area contributed by atoms with Crippen LogP contribution in [0.4, 0.5) is 0 Å². The Balaban J connectivity index is 0.00000342. The first kappa shape index (κ1) is 27.0. The molecule has 0 radical (unpaired) electrons. The summed E-state index contributed by atoms with van der Waals surface area (Å²) in [5.74, 6) is -1.22. The lowest BCUT2D eigenvalue weighted by Gasteiger charge is -2.30. The van der Waals surface area contributed by atoms with Crippen molar-refractivity contribution in [2.75, 3.05) is 5.75 Å². The molecule has 1 unspecified atom stereocenters. The number of aliphatic carboxylic acids is 1. The van der Waals surface area contributed by atoms with E-state index in [2.05, 4.69) is 5.32 Å². The van der Waals surface area contributed by atoms with Crippen LogP contribution >= 0.6 is 24.2 Å². The number of hydrogen-bond acceptors (Lipinski definition) is 6. The maximum absolute atomic E-state index is 13.4. The second-order valence-electron chi connectivity index (χ2n) is 8.71. The zero-order valence-electron chi connectivity index (χ0n) is 19.4. The normalized spacial score (nSPS) is 22.5. The predicted molar refractivity (Wildman–Crippen MR) is 137 cm³/mol. The summed E-state index contributed by atoms with van der Waals surface area (Å²) in [5, 5.41) is 12.7. The average Bonchev–Trinajstić information content (AvgIpc) is 3.22. The van der Waals surface area contributed by atoms with Gasteiger partial charge in [0.05, 0.1) is 11.4 Å². The van der Waals surface area contributed by atoms with E-state index in [1.165, 1.54) is 16.7 Å². The highest BCUT2D eigenvalue weighted by atomic mass is 35.5. The van der Waals surface area contributed by atoms with Crippen LogP contribution in [0.3, 0.4) is 0 Å². The third kappa shape index (κ3) is 6.99. The Kier molecular flexibility index (Phi) is 10.0. The molecule has 4 rings (SSSR count). The number of amides is 1. The van der Waals surface area contributed by atoms with Gasteiger partial charge in [-0.2, -0.15) is 0 Å². The number of carboxylic acid groups (broad SMARTS) is 1. The van der Waals surface area contributed by atoms with Gasteiger partial charge < -0.3 is 14.7 Å². The molecule has 2 aromatic carbocycles. The first-order valence-corrected chi connectivity index (χ1v) is 12.7. The number of halogens is 1. The van der Waals surface area contributed by atoms with Gasteiger partial charge in [-0.25, -0.2) is 4.79 Å². The largest absolute Gasteiger partial charge is 0.480 e. The van der Waals surface area contributed by atoms with Crippen LogP contribution < -0.4 is 5.32 Å². The van der Waals surface area contributed by atoms with Crippen LogP contribution in [0.25, 0.3) is 0 Å². The van der Waals surface area contributed by atoms with E-state index >= 15 is 0 Å². The van der Waals surface area contributed by atoms with Gasteiger partial charge in [0, 0.05) is 5.75 Å². The second kappa shape index (κ2) is 13.0. The van der Waals surface area contributed by atoms with E-state index in [0.29, 0.717) is 25.0 Å². The summed E-state index contributed by atoms with van der Waals surface area (Å²) in [5.41, 5.74) is 1.99. The van der Waals surface area contributed by atoms with Crippen LogP contribution in [-0.2, 0) is 32.1 Å². The topological polar surface area (TPSA) is 95.9 Å². The second-order valence-corrected chi connectivity index (χ2v) is 9.92. The first-order chi connectivity index (χ1) is 16.5. The van der Waals surface area contributed by atoms with Gasteiger partial charge in [0.1, 0.15) is 18.7 Å². The number of thioether (sulfide) groups is 1. The fourth-order valence-electron chi connectivity index (χ4n) is 4.52. The first-order valence-electron chi connectivity index (χ1n) is 11.7. The van der Waals surface area contributed by atoms with Crippen LogP contribution in [0.1, 0.15) is 36.8 Å². The minimum Gasteiger partial charge on any atom is -0.480 e. The highest BCUT2D eigenvalue weighted by Gasteiger charge is 2.45. The molecule has 2 N–H and O–H groups in total. The Morgan fingerprint density at radius 2 is 1.71 bits per heavy atom. The van der Waals surface area contributed by atoms with Gasteiger partial charge in [-0.15, -0.1) is 24.2 Å². The number of fused-ring (bicyclic) bond motifs is 1. The summed E-state index contributed by atoms with van der Waals surface area (Å²) in [4.78, 5) is 39.7. The van der Waals surface area contributed by atoms with Crippen LogP contribution in [0.2, 0.25) is 0 Å². The van der Waals surface area contributed by atoms with Crippen molar-refractivity contribution in [3.05, 3.63) is 71.8 Å². The fourth-order valence-corrected chi connectivity index (χ4v) is 5.98. The van der Waals surface area contributed by atoms with Crippen molar-refractivity contribution in [2.45, 2.75) is 62.2 Å². The zero-order chi connectivity index (χ0) is 23.9. The summed E-state index contributed by atoms with van der Waals surface area (Å²) < 4.78 is 5.61. The zero-order valence-corrected chi connectivity index (χ0v) is 21.0. The molecule has 35 heavy (non-hydrogen) atoms. The van der Waals surface area contributed by atoms with Crippen LogP contribution in [0, 0.1) is 0 Å². The maximum atomic E-state index is 13.4. The predicted octanol–water partition coefficient (Wildman–Crippen LogP) is 3.65. The van der Waals surface area contributed by atoms with E-state index in [1.807, 2.05) is 60.7 Å². The highest BCUT2D eigenvalue weighted by Crippen LogP contribution is 2.36. The quantitative estimate of drug-likeness (QED) is 0.489. The van der Waals surface area contributed by atoms with Crippen molar-refractivity contribution >= 4 is 42.0 Å². The van der Waals surface area contributed by atoms with Crippen LogP contribution in [0.15, 0.2) is 60.7 Å². The molecule has 188 valence electrons. The molecule has 2 aliphatic heterocycles. The van der Waals surface area contributed by atoms with Crippen molar-refractivity contribution in [1.82, 2.24) is 10.2 Å². The van der Waals surface area contributed by atoms with E-state index in [4.69, 9.17) is 4.74 Å². The number of hydrogen-bond donors (Lipinski definition) is 2. The molecule has 0 aromatic heterocycles. The van der Waals surface area contributed by atoms with Gasteiger partial charge in [0.15, 0.2) is 0 Å². The highest BCUT2D eigenvalue weighted by molar-refractivity contribution is 8.00. The third-order valence-electron chi connectivity index (χ3n) is 6.35. The molecule has 0 aliphatic carbocycles. The van der Waals surface area contributed by atoms with Gasteiger partial charge in [0.25, 0.3) is 0 Å². The summed E-state index contributed by atoms with van der Waals surface area (Å²) in [7, 11) is 0. The molecule has 7 nitrogen and oxygen atoms in total. The SMILES string of the molecule is Cl.O=C(OCc1ccccc1)C(CCc1ccccc1)N[C@H]1CCC[C@@H]2SC[C@@H](C(=O)O)N2C1=O. The molecule has 0 bridgehead atoms. The number of benzene rings is 2. The summed E-state index contributed by atoms with van der Waals surface area (Å²) in [6.45, 7) is 0.160. The van der Waals surface area contributed by atoms with Gasteiger partial charge >= 0.3 is 11.9 Å². The van der Waals surface area contributed by atoms with Gasteiger partial charge in [-0.1, -0.05) is 60.7 Å². The van der Waals surface area contributed by atoms with Crippen molar-refractivity contribution in [1.29, 1.82) is 0 Å². The maximum Gasteiger partial charge on any atom is 0.327 e. The van der Waals surface area contributed by atoms with E-state index in [0.717, 1.165) is 24.0 Å². The number of esters is 1. The molecule has 1 amide bonds. The number of carbonyl (C=O) groups excluding carboxylic acids is 2. The Bertz CT molecular complexity index is 994. The van der Waals surface area contributed by atoms with Crippen molar-refractivity contribution < 1.29 is 24.2 Å². The number of carboxylic acids is 1. The standard InChI is InChI=1S/C26H30N2O5S.ClH/c29-24-20(12-7-13-23-28(24)22(17-34-23)25(30)31)27-21(15-14-18-8-3-1-4-9-18)26(32)33-16-19-10-5-2-6-11-19;/h1-6,8-11,20-23,27H,7,12-17H2,(H,30,31);1H/t20-,21?,22-,23-;/m0./s1. The molecule has 4 atom stereocenters. The van der Waals surface area contributed by atoms with E-state index in [-0.39, 0.29) is 30.3 Å². The number of rotatable bonds is 9. The molecule has 0 saturated carbocycles. The minimum absolute atomic E-state index is 0. The van der Waals surface area contributed by atoms with Gasteiger partial charge in [-0.05, 0) is 43.2 Å². The molecule has 0 spiro atoms. The van der Waals surface area contributed by atoms with E-state index in [9.17, 15) is 19.5 Å². The van der Waals surface area contributed by atoms with Crippen molar-refractivity contribution in [3.8, 4) is 0 Å². The fraction of sp³-hybridized carbons (Fsp3) is 0.423. The summed E-state index contributed by atoms with van der Waals surface area (Å²) >= 11 is 1.53. The molecule has 2 heterocycles. The van der Waals surface area contributed by atoms with Crippen molar-refractivity contribution in [3.63, 3.8) is 0 Å². The lowest BCUT2D eigenvalue weighted by molar-refractivity contribution is -0.151. The number of nitrogens with one attached hydrogen (secondary N) is 1. The molecule has 2 saturated heterocycles. The smallest absolute Gasteiger partial charge is 0.327 e. The number of ether oxygens (including phenoxy) is 1. The lowest BCUT2D eigenvalue weighted by atomic mass is 10.0. The van der Waals surface area contributed by atoms with E-state index in [1.54, 1.807) is 0 Å². The number of aryl methyl sites for hydroxylation is 1. The molecule has 2 aliphatic rings. The number of nitrogens with zero attached hydrogens (tertiary/aromatic N) is 1. The summed E-state index contributed by atoms with van der Waals surface area (Å²) in [6, 6.07) is 17.2. The molecular weight excluding hydrogens is 488 g/mol. The minimum atomic E-state index is -0.980. The molecule has 2 fully saturated rings. The van der Waals surface area contributed by atoms with Crippen LogP contribution in [0.5, 0.6) is 0 Å². The Labute approximate surface area is 216 Å². The molecular formula is C26H31ClN2O5S. The molecule has 2 aromatic rings. The Morgan fingerprint density at radius 3 is 2.37 bits per heavy atom. The monoisotopic (exact) mass is 518 g/mol. The van der Waals surface area contributed by atoms with Crippen molar-refractivity contribution in [2.24, 2.45) is 0 Å². The van der Waals surface area contributed by atoms with E-state index < -0.39 is 30.1 Å². The van der Waals surface area contributed by atoms with Gasteiger partial charge in [-0.3, -0.25) is 14.9 Å². The summed E-state index contributed by atoms with van der Waals surface area (Å²) in [6.07, 6.45) is 3.23. The van der Waals surface area contributed by atoms with Crippen LogP contribution in [-0.4, -0.2) is 57.1 Å². The Hall–Kier alpha value is -2.55. The average molecular weight is 519 g/mol. The lowest BCUT2D eigenvalue weighted by Crippen LogP contribution is -2.55.